The Morgan fingerprint density at radius 1 is 1.30 bits per heavy atom. The molecule has 0 aliphatic carbocycles. The van der Waals surface area contributed by atoms with Crippen LogP contribution in [0.2, 0.25) is 0 Å². The minimum Gasteiger partial charge on any atom is -0.354 e. The average Bonchev–Trinajstić information content (AvgIpc) is 3.26. The second-order valence-electron chi connectivity index (χ2n) is 7.08. The zero-order valence-electron chi connectivity index (χ0n) is 15.7. The van der Waals surface area contributed by atoms with Crippen LogP contribution in [0.5, 0.6) is 0 Å². The molecule has 1 amide bonds. The molecule has 0 unspecified atom stereocenters. The molecule has 0 aromatic carbocycles. The Morgan fingerprint density at radius 3 is 2.81 bits per heavy atom. The highest BCUT2D eigenvalue weighted by Gasteiger charge is 2.23. The Bertz CT molecular complexity index is 664. The summed E-state index contributed by atoms with van der Waals surface area (Å²) in [5.74, 6) is 2.82. The van der Waals surface area contributed by atoms with Gasteiger partial charge in [0.1, 0.15) is 5.82 Å². The maximum Gasteiger partial charge on any atom is 0.240 e. The van der Waals surface area contributed by atoms with Crippen LogP contribution in [-0.2, 0) is 4.79 Å². The number of unbranched alkanes of at least 4 members (excludes halogenated alkanes) is 1. The SMILES string of the molecule is N#Cc1ccnc(N2CCN(CCCC[C@H](N)C(=O)N3CCSC3)CC2)c1. The van der Waals surface area contributed by atoms with Crippen molar-refractivity contribution in [1.82, 2.24) is 14.8 Å². The van der Waals surface area contributed by atoms with Gasteiger partial charge in [0.15, 0.2) is 0 Å². The van der Waals surface area contributed by atoms with Crippen LogP contribution in [0.3, 0.4) is 0 Å². The number of thioether (sulfide) groups is 1. The number of nitriles is 1. The molecule has 2 saturated heterocycles. The Hall–Kier alpha value is -1.82. The van der Waals surface area contributed by atoms with Crippen molar-refractivity contribution in [1.29, 1.82) is 5.26 Å². The van der Waals surface area contributed by atoms with E-state index in [1.54, 1.807) is 24.0 Å². The highest BCUT2D eigenvalue weighted by Crippen LogP contribution is 2.17. The van der Waals surface area contributed by atoms with Gasteiger partial charge in [-0.3, -0.25) is 9.69 Å². The smallest absolute Gasteiger partial charge is 0.240 e. The molecule has 0 bridgehead atoms. The van der Waals surface area contributed by atoms with E-state index < -0.39 is 0 Å². The van der Waals surface area contributed by atoms with E-state index in [1.807, 2.05) is 11.0 Å². The lowest BCUT2D eigenvalue weighted by atomic mass is 10.1. The van der Waals surface area contributed by atoms with Gasteiger partial charge in [0, 0.05) is 44.7 Å². The largest absolute Gasteiger partial charge is 0.354 e. The number of piperazine rings is 1. The lowest BCUT2D eigenvalue weighted by Gasteiger charge is -2.35. The summed E-state index contributed by atoms with van der Waals surface area (Å²) in [4.78, 5) is 23.2. The summed E-state index contributed by atoms with van der Waals surface area (Å²) < 4.78 is 0. The summed E-state index contributed by atoms with van der Waals surface area (Å²) in [5, 5.41) is 9.02. The third-order valence-corrected chi connectivity index (χ3v) is 6.16. The number of rotatable bonds is 7. The van der Waals surface area contributed by atoms with Crippen LogP contribution >= 0.6 is 11.8 Å². The standard InChI is InChI=1S/C19H28N6OS/c20-14-16-4-5-22-18(13-16)24-9-7-23(8-10-24)6-2-1-3-17(21)19(26)25-11-12-27-15-25/h4-5,13,17H,1-3,6-12,15,21H2/t17-/m0/s1. The van der Waals surface area contributed by atoms with Crippen LogP contribution in [0.15, 0.2) is 18.3 Å². The molecule has 3 heterocycles. The topological polar surface area (TPSA) is 89.5 Å². The fraction of sp³-hybridized carbons (Fsp3) is 0.632. The summed E-state index contributed by atoms with van der Waals surface area (Å²) in [6, 6.07) is 5.41. The second kappa shape index (κ2) is 9.93. The van der Waals surface area contributed by atoms with Crippen molar-refractivity contribution in [3.05, 3.63) is 23.9 Å². The van der Waals surface area contributed by atoms with Crippen molar-refractivity contribution in [3.63, 3.8) is 0 Å². The molecule has 1 atom stereocenters. The molecular formula is C19H28N6OS. The van der Waals surface area contributed by atoms with E-state index in [2.05, 4.69) is 20.9 Å². The molecule has 2 aliphatic rings. The number of amides is 1. The van der Waals surface area contributed by atoms with Gasteiger partial charge in [0.25, 0.3) is 0 Å². The molecule has 1 aromatic heterocycles. The van der Waals surface area contributed by atoms with Crippen molar-refractivity contribution >= 4 is 23.5 Å². The molecule has 2 N–H and O–H groups in total. The van der Waals surface area contributed by atoms with Crippen LogP contribution in [0.1, 0.15) is 24.8 Å². The molecule has 7 nitrogen and oxygen atoms in total. The molecule has 0 radical (unpaired) electrons. The van der Waals surface area contributed by atoms with Gasteiger partial charge in [-0.15, -0.1) is 11.8 Å². The van der Waals surface area contributed by atoms with Gasteiger partial charge >= 0.3 is 0 Å². The predicted molar refractivity (Wildman–Crippen MR) is 108 cm³/mol. The van der Waals surface area contributed by atoms with E-state index >= 15 is 0 Å². The summed E-state index contributed by atoms with van der Waals surface area (Å²) >= 11 is 1.79. The third-order valence-electron chi connectivity index (χ3n) is 5.19. The van der Waals surface area contributed by atoms with Crippen molar-refractivity contribution in [3.8, 4) is 6.07 Å². The van der Waals surface area contributed by atoms with E-state index in [-0.39, 0.29) is 11.9 Å². The number of aromatic nitrogens is 1. The first-order valence-corrected chi connectivity index (χ1v) is 10.8. The van der Waals surface area contributed by atoms with Crippen LogP contribution in [-0.4, -0.2) is 77.6 Å². The van der Waals surface area contributed by atoms with Crippen molar-refractivity contribution in [2.45, 2.75) is 25.3 Å². The molecule has 3 rings (SSSR count). The minimum atomic E-state index is -0.348. The molecular weight excluding hydrogens is 360 g/mol. The maximum atomic E-state index is 12.2. The summed E-state index contributed by atoms with van der Waals surface area (Å²) in [6.45, 7) is 5.72. The summed E-state index contributed by atoms with van der Waals surface area (Å²) in [6.07, 6.45) is 4.52. The number of carbonyl (C=O) groups is 1. The quantitative estimate of drug-likeness (QED) is 0.700. The van der Waals surface area contributed by atoms with Crippen LogP contribution in [0.25, 0.3) is 0 Å². The first-order chi connectivity index (χ1) is 13.2. The number of carbonyl (C=O) groups excluding carboxylic acids is 1. The van der Waals surface area contributed by atoms with E-state index in [4.69, 9.17) is 11.0 Å². The van der Waals surface area contributed by atoms with E-state index in [0.29, 0.717) is 5.56 Å². The van der Waals surface area contributed by atoms with Gasteiger partial charge < -0.3 is 15.5 Å². The number of hydrogen-bond donors (Lipinski definition) is 1. The average molecular weight is 389 g/mol. The van der Waals surface area contributed by atoms with Gasteiger partial charge in [-0.25, -0.2) is 4.98 Å². The number of pyridine rings is 1. The number of hydrogen-bond acceptors (Lipinski definition) is 7. The van der Waals surface area contributed by atoms with Crippen molar-refractivity contribution in [2.75, 3.05) is 55.8 Å². The Morgan fingerprint density at radius 2 is 2.11 bits per heavy atom. The van der Waals surface area contributed by atoms with Gasteiger partial charge in [0.05, 0.1) is 23.6 Å². The first-order valence-electron chi connectivity index (χ1n) is 9.63. The van der Waals surface area contributed by atoms with Crippen LogP contribution in [0, 0.1) is 11.3 Å². The molecule has 27 heavy (non-hydrogen) atoms. The number of nitrogens with zero attached hydrogens (tertiary/aromatic N) is 5. The monoisotopic (exact) mass is 388 g/mol. The fourth-order valence-electron chi connectivity index (χ4n) is 3.51. The Labute approximate surface area is 165 Å². The predicted octanol–water partition coefficient (Wildman–Crippen LogP) is 1.11. The van der Waals surface area contributed by atoms with Crippen LogP contribution < -0.4 is 10.6 Å². The lowest BCUT2D eigenvalue weighted by molar-refractivity contribution is -0.131. The van der Waals surface area contributed by atoms with Crippen molar-refractivity contribution < 1.29 is 4.79 Å². The zero-order chi connectivity index (χ0) is 19.1. The molecule has 0 saturated carbocycles. The Kier molecular flexibility index (Phi) is 7.33. The minimum absolute atomic E-state index is 0.112. The van der Waals surface area contributed by atoms with E-state index in [1.165, 1.54) is 0 Å². The Balaban J connectivity index is 1.32. The van der Waals surface area contributed by atoms with E-state index in [0.717, 1.165) is 76.0 Å². The van der Waals surface area contributed by atoms with Gasteiger partial charge in [0.2, 0.25) is 5.91 Å². The van der Waals surface area contributed by atoms with Gasteiger partial charge in [-0.1, -0.05) is 6.42 Å². The highest BCUT2D eigenvalue weighted by molar-refractivity contribution is 7.99. The lowest BCUT2D eigenvalue weighted by Crippen LogP contribution is -2.47. The van der Waals surface area contributed by atoms with Crippen LogP contribution in [0.4, 0.5) is 5.82 Å². The molecule has 1 aromatic rings. The fourth-order valence-corrected chi connectivity index (χ4v) is 4.46. The molecule has 8 heteroatoms. The number of anilines is 1. The second-order valence-corrected chi connectivity index (χ2v) is 8.16. The molecule has 2 fully saturated rings. The molecule has 146 valence electrons. The first kappa shape index (κ1) is 19.9. The molecule has 0 spiro atoms. The van der Waals surface area contributed by atoms with Gasteiger partial charge in [-0.2, -0.15) is 5.26 Å². The summed E-state index contributed by atoms with van der Waals surface area (Å²) in [7, 11) is 0. The zero-order valence-corrected chi connectivity index (χ0v) is 16.5. The highest BCUT2D eigenvalue weighted by atomic mass is 32.2. The third kappa shape index (κ3) is 5.58. The number of nitrogens with two attached hydrogens (primary N) is 1. The van der Waals surface area contributed by atoms with Crippen molar-refractivity contribution in [2.24, 2.45) is 5.73 Å². The maximum absolute atomic E-state index is 12.2. The normalized spacial score (nSPS) is 19.1. The molecule has 2 aliphatic heterocycles. The van der Waals surface area contributed by atoms with Gasteiger partial charge in [-0.05, 0) is 31.5 Å². The summed E-state index contributed by atoms with van der Waals surface area (Å²) in [5.41, 5.74) is 6.73. The van der Waals surface area contributed by atoms with E-state index in [9.17, 15) is 4.79 Å².